The zero-order valence-electron chi connectivity index (χ0n) is 7.05. The Morgan fingerprint density at radius 3 is 2.86 bits per heavy atom. The van der Waals surface area contributed by atoms with Gasteiger partial charge in [-0.05, 0) is 28.1 Å². The van der Waals surface area contributed by atoms with Gasteiger partial charge in [-0.15, -0.1) is 0 Å². The lowest BCUT2D eigenvalue weighted by Crippen LogP contribution is -1.91. The van der Waals surface area contributed by atoms with Crippen LogP contribution in [0.2, 0.25) is 0 Å². The van der Waals surface area contributed by atoms with Crippen molar-refractivity contribution in [2.24, 2.45) is 0 Å². The maximum atomic E-state index is 13.1. The van der Waals surface area contributed by atoms with Crippen LogP contribution in [0.4, 0.5) is 4.39 Å². The van der Waals surface area contributed by atoms with E-state index in [1.807, 2.05) is 0 Å². The van der Waals surface area contributed by atoms with E-state index >= 15 is 0 Å². The van der Waals surface area contributed by atoms with Crippen LogP contribution in [-0.2, 0) is 4.79 Å². The average molecular weight is 257 g/mol. The Morgan fingerprint density at radius 1 is 1.57 bits per heavy atom. The number of benzene rings is 1. The third-order valence-electron chi connectivity index (χ3n) is 1.42. The van der Waals surface area contributed by atoms with E-state index in [1.54, 1.807) is 12.1 Å². The second-order valence-corrected chi connectivity index (χ2v) is 3.32. The number of hydrogen-bond acceptors (Lipinski definition) is 1. The molecule has 0 saturated carbocycles. The van der Waals surface area contributed by atoms with Crippen LogP contribution in [0.25, 0.3) is 0 Å². The molecule has 1 aromatic rings. The molecule has 0 atom stereocenters. The summed E-state index contributed by atoms with van der Waals surface area (Å²) in [5, 5.41) is 8.32. The van der Waals surface area contributed by atoms with Crippen LogP contribution in [0.15, 0.2) is 22.7 Å². The van der Waals surface area contributed by atoms with Gasteiger partial charge in [0, 0.05) is 4.47 Å². The highest BCUT2D eigenvalue weighted by Gasteiger charge is 2.02. The van der Waals surface area contributed by atoms with Crippen molar-refractivity contribution in [2.45, 2.75) is 6.42 Å². The van der Waals surface area contributed by atoms with Crippen LogP contribution >= 0.6 is 15.9 Å². The molecule has 14 heavy (non-hydrogen) atoms. The molecule has 72 valence electrons. The topological polar surface area (TPSA) is 37.3 Å². The van der Waals surface area contributed by atoms with Crippen molar-refractivity contribution in [2.75, 3.05) is 0 Å². The second-order valence-electron chi connectivity index (χ2n) is 2.47. The van der Waals surface area contributed by atoms with Crippen LogP contribution in [0.5, 0.6) is 0 Å². The number of carboxylic acid groups (broad SMARTS) is 1. The van der Waals surface area contributed by atoms with Gasteiger partial charge in [0.2, 0.25) is 0 Å². The molecular weight excluding hydrogens is 251 g/mol. The fraction of sp³-hybridized carbons (Fsp3) is 0.100. The maximum Gasteiger partial charge on any atom is 0.315 e. The van der Waals surface area contributed by atoms with Crippen molar-refractivity contribution in [1.82, 2.24) is 0 Å². The summed E-state index contributed by atoms with van der Waals surface area (Å²) in [5.41, 5.74) is 0.189. The molecule has 0 heterocycles. The van der Waals surface area contributed by atoms with Gasteiger partial charge in [-0.3, -0.25) is 4.79 Å². The number of halogens is 2. The van der Waals surface area contributed by atoms with Crippen LogP contribution in [-0.4, -0.2) is 11.1 Å². The van der Waals surface area contributed by atoms with Crippen molar-refractivity contribution >= 4 is 21.9 Å². The molecule has 1 N–H and O–H groups in total. The van der Waals surface area contributed by atoms with E-state index in [0.717, 1.165) is 0 Å². The maximum absolute atomic E-state index is 13.1. The molecule has 0 bridgehead atoms. The minimum Gasteiger partial charge on any atom is -0.481 e. The lowest BCUT2D eigenvalue weighted by molar-refractivity contribution is -0.135. The van der Waals surface area contributed by atoms with E-state index in [9.17, 15) is 9.18 Å². The van der Waals surface area contributed by atoms with Gasteiger partial charge in [-0.25, -0.2) is 4.39 Å². The van der Waals surface area contributed by atoms with Crippen LogP contribution in [0.3, 0.4) is 0 Å². The van der Waals surface area contributed by atoms with E-state index in [2.05, 4.69) is 27.8 Å². The average Bonchev–Trinajstić information content (AvgIpc) is 2.09. The fourth-order valence-corrected chi connectivity index (χ4v) is 1.27. The molecule has 0 unspecified atom stereocenters. The Labute approximate surface area is 88.9 Å². The Morgan fingerprint density at radius 2 is 2.29 bits per heavy atom. The first kappa shape index (κ1) is 10.7. The number of hydrogen-bond donors (Lipinski definition) is 1. The smallest absolute Gasteiger partial charge is 0.315 e. The highest BCUT2D eigenvalue weighted by atomic mass is 79.9. The largest absolute Gasteiger partial charge is 0.481 e. The van der Waals surface area contributed by atoms with Gasteiger partial charge >= 0.3 is 5.97 Å². The van der Waals surface area contributed by atoms with Gasteiger partial charge in [-0.1, -0.05) is 17.9 Å². The molecule has 2 nitrogen and oxygen atoms in total. The first-order valence-corrected chi connectivity index (χ1v) is 4.55. The van der Waals surface area contributed by atoms with Crippen LogP contribution < -0.4 is 0 Å². The molecule has 0 radical (unpaired) electrons. The van der Waals surface area contributed by atoms with Crippen molar-refractivity contribution in [3.63, 3.8) is 0 Å². The minimum absolute atomic E-state index is 0.189. The van der Waals surface area contributed by atoms with Crippen molar-refractivity contribution in [3.05, 3.63) is 34.1 Å². The SMILES string of the molecule is O=C(O)CC#Cc1c(F)cccc1Br. The highest BCUT2D eigenvalue weighted by molar-refractivity contribution is 9.10. The molecule has 0 aliphatic heterocycles. The molecule has 0 aliphatic carbocycles. The first-order valence-electron chi connectivity index (χ1n) is 3.76. The molecule has 4 heteroatoms. The van der Waals surface area contributed by atoms with Gasteiger partial charge in [0.15, 0.2) is 0 Å². The van der Waals surface area contributed by atoms with Gasteiger partial charge in [0.25, 0.3) is 0 Å². The summed E-state index contributed by atoms with van der Waals surface area (Å²) in [6, 6.07) is 4.46. The number of carboxylic acids is 1. The lowest BCUT2D eigenvalue weighted by Gasteiger charge is -1.96. The van der Waals surface area contributed by atoms with Crippen LogP contribution in [0, 0.1) is 17.7 Å². The minimum atomic E-state index is -1.02. The zero-order valence-corrected chi connectivity index (χ0v) is 8.64. The normalized spacial score (nSPS) is 9.00. The molecule has 0 spiro atoms. The fourth-order valence-electron chi connectivity index (χ4n) is 0.825. The number of rotatable bonds is 1. The first-order chi connectivity index (χ1) is 6.61. The summed E-state index contributed by atoms with van der Waals surface area (Å²) in [6.07, 6.45) is -0.291. The van der Waals surface area contributed by atoms with Gasteiger partial charge in [0.05, 0.1) is 5.56 Å². The summed E-state index contributed by atoms with van der Waals surface area (Å²) in [7, 11) is 0. The molecule has 0 aliphatic rings. The summed E-state index contributed by atoms with van der Waals surface area (Å²) < 4.78 is 13.6. The molecular formula is C10H6BrFO2. The molecule has 1 aromatic carbocycles. The number of carbonyl (C=O) groups is 1. The summed E-state index contributed by atoms with van der Waals surface area (Å²) in [6.45, 7) is 0. The monoisotopic (exact) mass is 256 g/mol. The lowest BCUT2D eigenvalue weighted by atomic mass is 10.2. The summed E-state index contributed by atoms with van der Waals surface area (Å²) >= 11 is 3.12. The zero-order chi connectivity index (χ0) is 10.6. The Hall–Kier alpha value is -1.34. The Bertz CT molecular complexity index is 398. The standard InChI is InChI=1S/C10H6BrFO2/c11-8-4-2-5-9(12)7(8)3-1-6-10(13)14/h2,4-5H,6H2,(H,13,14). The second kappa shape index (κ2) is 4.77. The third kappa shape index (κ3) is 2.86. The van der Waals surface area contributed by atoms with Gasteiger partial charge in [-0.2, -0.15) is 0 Å². The van der Waals surface area contributed by atoms with E-state index in [-0.39, 0.29) is 12.0 Å². The third-order valence-corrected chi connectivity index (χ3v) is 2.08. The van der Waals surface area contributed by atoms with Crippen molar-refractivity contribution in [1.29, 1.82) is 0 Å². The van der Waals surface area contributed by atoms with E-state index in [1.165, 1.54) is 6.07 Å². The van der Waals surface area contributed by atoms with Crippen LogP contribution in [0.1, 0.15) is 12.0 Å². The Balaban J connectivity index is 2.94. The molecule has 0 amide bonds. The van der Waals surface area contributed by atoms with Gasteiger partial charge in [0.1, 0.15) is 12.2 Å². The molecule has 0 saturated heterocycles. The summed E-state index contributed by atoms with van der Waals surface area (Å²) in [5.74, 6) is 3.34. The molecule has 0 fully saturated rings. The van der Waals surface area contributed by atoms with Crippen molar-refractivity contribution < 1.29 is 14.3 Å². The molecule has 1 rings (SSSR count). The highest BCUT2D eigenvalue weighted by Crippen LogP contribution is 2.18. The quantitative estimate of drug-likeness (QED) is 0.784. The van der Waals surface area contributed by atoms with E-state index < -0.39 is 11.8 Å². The predicted octanol–water partition coefficient (Wildman–Crippen LogP) is 2.41. The Kier molecular flexibility index (Phi) is 3.66. The van der Waals surface area contributed by atoms with E-state index in [4.69, 9.17) is 5.11 Å². The van der Waals surface area contributed by atoms with E-state index in [0.29, 0.717) is 4.47 Å². The van der Waals surface area contributed by atoms with Gasteiger partial charge < -0.3 is 5.11 Å². The number of aliphatic carboxylic acids is 1. The summed E-state index contributed by atoms with van der Waals surface area (Å²) in [4.78, 5) is 10.2. The van der Waals surface area contributed by atoms with Crippen molar-refractivity contribution in [3.8, 4) is 11.8 Å². The predicted molar refractivity (Wildman–Crippen MR) is 53.2 cm³/mol. The molecule has 0 aromatic heterocycles.